The standard InChI is InChI=1S/C13H11N3OS/c17-7-9-1-3-10(4-2-9)12-13(15-16-14-12)11-5-6-18-8-11/h1-6,8,17H,7H2,(H,14,15,16). The van der Waals surface area contributed by atoms with E-state index in [0.29, 0.717) is 0 Å². The van der Waals surface area contributed by atoms with Gasteiger partial charge < -0.3 is 5.11 Å². The maximum atomic E-state index is 9.03. The maximum absolute atomic E-state index is 9.03. The van der Waals surface area contributed by atoms with E-state index in [-0.39, 0.29) is 6.61 Å². The van der Waals surface area contributed by atoms with Gasteiger partial charge in [0.05, 0.1) is 6.61 Å². The van der Waals surface area contributed by atoms with Crippen molar-refractivity contribution in [1.82, 2.24) is 15.4 Å². The highest BCUT2D eigenvalue weighted by Gasteiger charge is 2.12. The van der Waals surface area contributed by atoms with Crippen molar-refractivity contribution < 1.29 is 5.11 Å². The Morgan fingerprint density at radius 1 is 1.00 bits per heavy atom. The lowest BCUT2D eigenvalue weighted by Gasteiger charge is -2.01. The predicted molar refractivity (Wildman–Crippen MR) is 71.1 cm³/mol. The summed E-state index contributed by atoms with van der Waals surface area (Å²) < 4.78 is 0. The number of rotatable bonds is 3. The molecule has 18 heavy (non-hydrogen) atoms. The Labute approximate surface area is 108 Å². The van der Waals surface area contributed by atoms with E-state index in [1.807, 2.05) is 41.1 Å². The molecule has 3 rings (SSSR count). The summed E-state index contributed by atoms with van der Waals surface area (Å²) in [6.07, 6.45) is 0. The van der Waals surface area contributed by atoms with Crippen LogP contribution in [0.15, 0.2) is 41.1 Å². The van der Waals surface area contributed by atoms with E-state index in [0.717, 1.165) is 28.1 Å². The molecule has 0 aliphatic carbocycles. The second-order valence-electron chi connectivity index (χ2n) is 3.89. The summed E-state index contributed by atoms with van der Waals surface area (Å²) in [6, 6.07) is 9.69. The molecule has 5 heteroatoms. The minimum absolute atomic E-state index is 0.0521. The highest BCUT2D eigenvalue weighted by molar-refractivity contribution is 7.08. The molecule has 0 saturated carbocycles. The summed E-state index contributed by atoms with van der Waals surface area (Å²) in [5, 5.41) is 24.2. The third kappa shape index (κ3) is 1.94. The zero-order valence-corrected chi connectivity index (χ0v) is 10.3. The van der Waals surface area contributed by atoms with Gasteiger partial charge in [-0.3, -0.25) is 0 Å². The van der Waals surface area contributed by atoms with Crippen LogP contribution in [-0.4, -0.2) is 20.5 Å². The Morgan fingerprint density at radius 3 is 2.33 bits per heavy atom. The summed E-state index contributed by atoms with van der Waals surface area (Å²) in [6.45, 7) is 0.0521. The van der Waals surface area contributed by atoms with Crippen LogP contribution in [0.2, 0.25) is 0 Å². The van der Waals surface area contributed by atoms with E-state index >= 15 is 0 Å². The van der Waals surface area contributed by atoms with Crippen molar-refractivity contribution in [3.05, 3.63) is 46.7 Å². The number of aromatic amines is 1. The number of hydrogen-bond acceptors (Lipinski definition) is 4. The van der Waals surface area contributed by atoms with Gasteiger partial charge in [-0.05, 0) is 17.0 Å². The summed E-state index contributed by atoms with van der Waals surface area (Å²) in [5.74, 6) is 0. The summed E-state index contributed by atoms with van der Waals surface area (Å²) in [7, 11) is 0. The minimum atomic E-state index is 0.0521. The normalized spacial score (nSPS) is 10.7. The van der Waals surface area contributed by atoms with Gasteiger partial charge in [0.15, 0.2) is 0 Å². The lowest BCUT2D eigenvalue weighted by atomic mass is 10.1. The summed E-state index contributed by atoms with van der Waals surface area (Å²) in [4.78, 5) is 0. The van der Waals surface area contributed by atoms with Crippen molar-refractivity contribution in [2.45, 2.75) is 6.61 Å². The molecule has 0 aliphatic rings. The van der Waals surface area contributed by atoms with Crippen molar-refractivity contribution in [3.8, 4) is 22.5 Å². The van der Waals surface area contributed by atoms with Gasteiger partial charge in [0.1, 0.15) is 11.4 Å². The van der Waals surface area contributed by atoms with Crippen LogP contribution in [0.5, 0.6) is 0 Å². The first kappa shape index (κ1) is 11.1. The Morgan fingerprint density at radius 2 is 1.72 bits per heavy atom. The molecule has 3 aromatic rings. The molecule has 90 valence electrons. The number of benzene rings is 1. The number of nitrogens with zero attached hydrogens (tertiary/aromatic N) is 2. The predicted octanol–water partition coefficient (Wildman–Crippen LogP) is 2.69. The van der Waals surface area contributed by atoms with Crippen molar-refractivity contribution in [1.29, 1.82) is 0 Å². The Kier molecular flexibility index (Phi) is 2.92. The topological polar surface area (TPSA) is 61.8 Å². The van der Waals surface area contributed by atoms with Crippen LogP contribution in [0.1, 0.15) is 5.56 Å². The smallest absolute Gasteiger partial charge is 0.121 e. The molecule has 0 fully saturated rings. The molecule has 0 aliphatic heterocycles. The molecule has 2 N–H and O–H groups in total. The molecule has 0 unspecified atom stereocenters. The van der Waals surface area contributed by atoms with Gasteiger partial charge in [-0.1, -0.05) is 24.3 Å². The summed E-state index contributed by atoms with van der Waals surface area (Å²) in [5.41, 5.74) is 4.63. The van der Waals surface area contributed by atoms with Crippen LogP contribution >= 0.6 is 11.3 Å². The fraction of sp³-hybridized carbons (Fsp3) is 0.0769. The number of nitrogens with one attached hydrogen (secondary N) is 1. The lowest BCUT2D eigenvalue weighted by Crippen LogP contribution is -1.85. The molecule has 2 aromatic heterocycles. The van der Waals surface area contributed by atoms with Gasteiger partial charge in [0.25, 0.3) is 0 Å². The first-order chi connectivity index (χ1) is 8.88. The Balaban J connectivity index is 2.04. The zero-order valence-electron chi connectivity index (χ0n) is 9.50. The largest absolute Gasteiger partial charge is 0.392 e. The molecule has 0 radical (unpaired) electrons. The first-order valence-electron chi connectivity index (χ1n) is 5.52. The molecule has 0 bridgehead atoms. The number of aliphatic hydroxyl groups is 1. The van der Waals surface area contributed by atoms with Gasteiger partial charge in [0.2, 0.25) is 0 Å². The first-order valence-corrected chi connectivity index (χ1v) is 6.46. The number of H-pyrrole nitrogens is 1. The van der Waals surface area contributed by atoms with E-state index in [1.54, 1.807) is 11.3 Å². The average Bonchev–Trinajstić information content (AvgIpc) is 3.09. The molecule has 1 aromatic carbocycles. The third-order valence-corrected chi connectivity index (χ3v) is 3.44. The third-order valence-electron chi connectivity index (χ3n) is 2.75. The lowest BCUT2D eigenvalue weighted by molar-refractivity contribution is 0.282. The van der Waals surface area contributed by atoms with Crippen molar-refractivity contribution in [2.24, 2.45) is 0 Å². The van der Waals surface area contributed by atoms with E-state index in [2.05, 4.69) is 15.4 Å². The van der Waals surface area contributed by atoms with E-state index in [1.165, 1.54) is 0 Å². The molecule has 4 nitrogen and oxygen atoms in total. The van der Waals surface area contributed by atoms with Crippen LogP contribution in [0.25, 0.3) is 22.5 Å². The highest BCUT2D eigenvalue weighted by Crippen LogP contribution is 2.29. The van der Waals surface area contributed by atoms with E-state index in [4.69, 9.17) is 5.11 Å². The van der Waals surface area contributed by atoms with Gasteiger partial charge in [-0.15, -0.1) is 0 Å². The molecule has 0 amide bonds. The molecule has 0 spiro atoms. The minimum Gasteiger partial charge on any atom is -0.392 e. The quantitative estimate of drug-likeness (QED) is 0.758. The van der Waals surface area contributed by atoms with Gasteiger partial charge in [-0.25, -0.2) is 0 Å². The second kappa shape index (κ2) is 4.72. The van der Waals surface area contributed by atoms with Gasteiger partial charge in [0, 0.05) is 16.5 Å². The van der Waals surface area contributed by atoms with Crippen molar-refractivity contribution in [3.63, 3.8) is 0 Å². The molecule has 0 saturated heterocycles. The monoisotopic (exact) mass is 257 g/mol. The second-order valence-corrected chi connectivity index (χ2v) is 4.67. The van der Waals surface area contributed by atoms with Crippen molar-refractivity contribution in [2.75, 3.05) is 0 Å². The maximum Gasteiger partial charge on any atom is 0.121 e. The van der Waals surface area contributed by atoms with Crippen LogP contribution in [-0.2, 0) is 6.61 Å². The molecule has 0 atom stereocenters. The van der Waals surface area contributed by atoms with Crippen LogP contribution < -0.4 is 0 Å². The molecular weight excluding hydrogens is 246 g/mol. The SMILES string of the molecule is OCc1ccc(-c2n[nH]nc2-c2ccsc2)cc1. The number of aromatic nitrogens is 3. The number of hydrogen-bond donors (Lipinski definition) is 2. The molecular formula is C13H11N3OS. The molecule has 2 heterocycles. The number of thiophene rings is 1. The van der Waals surface area contributed by atoms with Gasteiger partial charge >= 0.3 is 0 Å². The van der Waals surface area contributed by atoms with Crippen molar-refractivity contribution >= 4 is 11.3 Å². The van der Waals surface area contributed by atoms with Crippen LogP contribution in [0.4, 0.5) is 0 Å². The number of aliphatic hydroxyl groups excluding tert-OH is 1. The van der Waals surface area contributed by atoms with Crippen LogP contribution in [0, 0.1) is 0 Å². The summed E-state index contributed by atoms with van der Waals surface area (Å²) >= 11 is 1.63. The van der Waals surface area contributed by atoms with Gasteiger partial charge in [-0.2, -0.15) is 26.7 Å². The fourth-order valence-electron chi connectivity index (χ4n) is 1.80. The fourth-order valence-corrected chi connectivity index (χ4v) is 2.44. The zero-order chi connectivity index (χ0) is 12.4. The highest BCUT2D eigenvalue weighted by atomic mass is 32.1. The van der Waals surface area contributed by atoms with E-state index < -0.39 is 0 Å². The Hall–Kier alpha value is -1.98. The Bertz CT molecular complexity index is 629. The van der Waals surface area contributed by atoms with Crippen LogP contribution in [0.3, 0.4) is 0 Å². The van der Waals surface area contributed by atoms with E-state index in [9.17, 15) is 0 Å². The average molecular weight is 257 g/mol.